The fraction of sp³-hybridized carbons (Fsp3) is 0.791. The van der Waals surface area contributed by atoms with E-state index in [0.717, 1.165) is 173 Å². The second-order valence-corrected chi connectivity index (χ2v) is 27.7. The van der Waals surface area contributed by atoms with Crippen molar-refractivity contribution in [3.05, 3.63) is 48.6 Å². The van der Waals surface area contributed by atoms with E-state index in [1.165, 1.54) is 20.3 Å². The van der Waals surface area contributed by atoms with Gasteiger partial charge in [0, 0.05) is 59.8 Å². The highest BCUT2D eigenvalue weighted by Crippen LogP contribution is 2.60. The van der Waals surface area contributed by atoms with Gasteiger partial charge in [-0.05, 0) is 207 Å². The summed E-state index contributed by atoms with van der Waals surface area (Å²) in [5, 5.41) is 9.61. The van der Waals surface area contributed by atoms with Crippen molar-refractivity contribution in [3.63, 3.8) is 0 Å². The van der Waals surface area contributed by atoms with Crippen molar-refractivity contribution in [3.8, 4) is 0 Å². The second kappa shape index (κ2) is 25.7. The molecule has 12 unspecified atom stereocenters. The van der Waals surface area contributed by atoms with Gasteiger partial charge in [-0.15, -0.1) is 0 Å². The van der Waals surface area contributed by atoms with Crippen molar-refractivity contribution in [1.29, 1.82) is 0 Å². The van der Waals surface area contributed by atoms with Gasteiger partial charge in [0.25, 0.3) is 0 Å². The highest BCUT2D eigenvalue weighted by Gasteiger charge is 2.65. The molecule has 0 radical (unpaired) electrons. The first-order valence-electron chi connectivity index (χ1n) is 32.0. The van der Waals surface area contributed by atoms with Gasteiger partial charge in [-0.3, -0.25) is 9.59 Å². The van der Waals surface area contributed by atoms with E-state index < -0.39 is 22.4 Å². The van der Waals surface area contributed by atoms with Gasteiger partial charge in [0.1, 0.15) is 46.8 Å². The van der Waals surface area contributed by atoms with Crippen molar-refractivity contribution < 1.29 is 81.2 Å². The summed E-state index contributed by atoms with van der Waals surface area (Å²) in [6.07, 6.45) is 28.8. The highest BCUT2D eigenvalue weighted by atomic mass is 16.6. The molecule has 17 nitrogen and oxygen atoms in total. The maximum Gasteiger partial charge on any atom is 0.333 e. The number of rotatable bonds is 17. The van der Waals surface area contributed by atoms with Crippen LogP contribution in [0.15, 0.2) is 48.6 Å². The summed E-state index contributed by atoms with van der Waals surface area (Å²) in [4.78, 5) is 70.6. The maximum absolute atomic E-state index is 12.2. The van der Waals surface area contributed by atoms with Gasteiger partial charge < -0.3 is 52.5 Å². The molecule has 8 saturated heterocycles. The zero-order chi connectivity index (χ0) is 60.5. The van der Waals surface area contributed by atoms with E-state index >= 15 is 0 Å². The van der Waals surface area contributed by atoms with Crippen molar-refractivity contribution in [2.75, 3.05) is 19.8 Å². The van der Waals surface area contributed by atoms with Crippen LogP contribution in [0.4, 0.5) is 0 Å². The topological polar surface area (TPSA) is 215 Å². The third kappa shape index (κ3) is 13.4. The lowest BCUT2D eigenvalue weighted by molar-refractivity contribution is -0.178. The summed E-state index contributed by atoms with van der Waals surface area (Å²) < 4.78 is 58.6. The number of carbonyl (C=O) groups excluding carboxylic acids is 6. The number of hydrogen-bond donors (Lipinski definition) is 1. The second-order valence-electron chi connectivity index (χ2n) is 27.7. The average molecular weight is 1180 g/mol. The Bertz CT molecular complexity index is 2510. The van der Waals surface area contributed by atoms with E-state index in [2.05, 4.69) is 26.3 Å². The van der Waals surface area contributed by atoms with E-state index in [1.807, 2.05) is 0 Å². The van der Waals surface area contributed by atoms with Crippen LogP contribution in [0.2, 0.25) is 0 Å². The molecule has 12 fully saturated rings. The van der Waals surface area contributed by atoms with Gasteiger partial charge in [0.15, 0.2) is 0 Å². The summed E-state index contributed by atoms with van der Waals surface area (Å²) in [5.74, 6) is -0.767. The molecular formula is C67H98O17. The fourth-order valence-corrected chi connectivity index (χ4v) is 17.5. The molecule has 8 aliphatic heterocycles. The van der Waals surface area contributed by atoms with Gasteiger partial charge in [-0.1, -0.05) is 26.3 Å². The number of aliphatic hydroxyl groups is 1. The summed E-state index contributed by atoms with van der Waals surface area (Å²) in [7, 11) is 0. The van der Waals surface area contributed by atoms with Crippen LogP contribution in [-0.2, 0) is 76.1 Å². The summed E-state index contributed by atoms with van der Waals surface area (Å²) >= 11 is 0. The largest absolute Gasteiger partial charge is 0.463 e. The van der Waals surface area contributed by atoms with Crippen molar-refractivity contribution >= 4 is 35.8 Å². The number of fused-ring (bicyclic) bond motifs is 8. The van der Waals surface area contributed by atoms with Crippen molar-refractivity contribution in [2.45, 2.75) is 291 Å². The van der Waals surface area contributed by atoms with Crippen LogP contribution in [0.25, 0.3) is 0 Å². The van der Waals surface area contributed by atoms with Crippen LogP contribution >= 0.6 is 0 Å². The van der Waals surface area contributed by atoms with Crippen LogP contribution in [-0.4, -0.2) is 130 Å². The third-order valence-corrected chi connectivity index (χ3v) is 21.6. The first-order chi connectivity index (χ1) is 39.8. The molecule has 84 heavy (non-hydrogen) atoms. The van der Waals surface area contributed by atoms with E-state index in [0.29, 0.717) is 47.0 Å². The molecule has 468 valence electrons. The molecule has 0 aromatic rings. The lowest BCUT2D eigenvalue weighted by Gasteiger charge is -2.43. The zero-order valence-corrected chi connectivity index (χ0v) is 51.4. The third-order valence-electron chi connectivity index (χ3n) is 21.6. The van der Waals surface area contributed by atoms with Gasteiger partial charge in [0.2, 0.25) is 0 Å². The Morgan fingerprint density at radius 1 is 0.429 bits per heavy atom. The molecule has 0 amide bonds. The van der Waals surface area contributed by atoms with Gasteiger partial charge >= 0.3 is 35.8 Å². The van der Waals surface area contributed by atoms with E-state index in [4.69, 9.17) is 47.4 Å². The van der Waals surface area contributed by atoms with Crippen LogP contribution in [0, 0.1) is 23.7 Å². The molecule has 0 aromatic heterocycles. The number of aliphatic hydroxyl groups excluding tert-OH is 1. The Kier molecular flexibility index (Phi) is 19.6. The SMILES string of the molecule is C=C(C)C(=O)OC1(C2CC3(CO)CCC2O3)CCCC1.C=C(C)C(=O)OC1(C2CC3(COC(C)=O)CCC2O3)CCCC1.C=C(C)C(=O)OC1(C2CC3CCC2(COC(C)=O)O3)CCCC1.C=C(C)C(=O)OC1(C2CC3CCC2O3)CCCC1. The van der Waals surface area contributed by atoms with E-state index in [1.54, 1.807) is 27.7 Å². The standard InChI is InChI=1S/2C18H26O5.C16H24O4.C15H22O3/c1-12(2)16(20)23-18(7-4-5-8-18)14-10-17(11-21-13(3)19)9-6-15(14)22-17;1-12(2)16(20)23-17(7-4-5-8-17)15-10-14-6-9-18(15,22-14)11-21-13(3)19;1-11(2)14(18)20-16(6-3-4-7-16)12-9-15(10-17)8-5-13(12)19-15;1-10(2)14(16)18-15(7-3-4-8-15)12-9-11-5-6-13(12)17-11/h2*14-15H,1,4-11H2,2-3H3;12-13,17H,1,3-10H2,2H3;11-13H,1,3-9H2,2H3. The molecule has 1 N–H and O–H groups in total. The van der Waals surface area contributed by atoms with Crippen LogP contribution < -0.4 is 0 Å². The fourth-order valence-electron chi connectivity index (χ4n) is 17.5. The number of hydrogen-bond acceptors (Lipinski definition) is 17. The molecule has 4 saturated carbocycles. The minimum atomic E-state index is -0.495. The first-order valence-corrected chi connectivity index (χ1v) is 32.0. The molecular weight excluding hydrogens is 1080 g/mol. The van der Waals surface area contributed by atoms with Crippen LogP contribution in [0.3, 0.4) is 0 Å². The zero-order valence-electron chi connectivity index (χ0n) is 51.4. The lowest BCUT2D eigenvalue weighted by atomic mass is 9.68. The van der Waals surface area contributed by atoms with Gasteiger partial charge in [-0.25, -0.2) is 19.2 Å². The molecule has 8 heterocycles. The van der Waals surface area contributed by atoms with E-state index in [9.17, 15) is 33.9 Å². The normalized spacial score (nSPS) is 35.8. The number of ether oxygens (including phenoxy) is 10. The molecule has 0 spiro atoms. The summed E-state index contributed by atoms with van der Waals surface area (Å²) in [5.41, 5.74) is -0.992. The molecule has 4 aliphatic carbocycles. The summed E-state index contributed by atoms with van der Waals surface area (Å²) in [6, 6.07) is 0. The van der Waals surface area contributed by atoms with E-state index in [-0.39, 0.29) is 102 Å². The highest BCUT2D eigenvalue weighted by molar-refractivity contribution is 5.88. The summed E-state index contributed by atoms with van der Waals surface area (Å²) in [6.45, 7) is 25.0. The molecule has 12 atom stereocenters. The smallest absolute Gasteiger partial charge is 0.333 e. The average Bonchev–Trinajstić information content (AvgIpc) is 1.69. The Morgan fingerprint density at radius 3 is 1.23 bits per heavy atom. The predicted molar refractivity (Wildman–Crippen MR) is 310 cm³/mol. The lowest BCUT2D eigenvalue weighted by Crippen LogP contribution is -2.53. The first kappa shape index (κ1) is 64.1. The molecule has 12 aliphatic rings. The monoisotopic (exact) mass is 1170 g/mol. The number of esters is 6. The maximum atomic E-state index is 12.2. The minimum absolute atomic E-state index is 0.0739. The Hall–Kier alpha value is -4.42. The molecule has 0 aromatic carbocycles. The van der Waals surface area contributed by atoms with Gasteiger partial charge in [-0.2, -0.15) is 0 Å². The molecule has 8 bridgehead atoms. The van der Waals surface area contributed by atoms with Crippen molar-refractivity contribution in [2.24, 2.45) is 23.7 Å². The van der Waals surface area contributed by atoms with Crippen molar-refractivity contribution in [1.82, 2.24) is 0 Å². The Morgan fingerprint density at radius 2 is 0.833 bits per heavy atom. The van der Waals surface area contributed by atoms with Gasteiger partial charge in [0.05, 0.1) is 42.7 Å². The Balaban J connectivity index is 0.000000135. The molecule has 17 heteroatoms. The Labute approximate surface area is 498 Å². The molecule has 12 rings (SSSR count). The minimum Gasteiger partial charge on any atom is -0.463 e. The quantitative estimate of drug-likeness (QED) is 0.0814. The van der Waals surface area contributed by atoms with Crippen LogP contribution in [0.5, 0.6) is 0 Å². The van der Waals surface area contributed by atoms with Crippen LogP contribution in [0.1, 0.15) is 221 Å². The predicted octanol–water partition coefficient (Wildman–Crippen LogP) is 11.2. The number of carbonyl (C=O) groups is 6.